The Kier molecular flexibility index (Phi) is 4.14. The highest BCUT2D eigenvalue weighted by molar-refractivity contribution is 5.81. The molecule has 0 atom stereocenters. The Bertz CT molecular complexity index is 858. The first-order valence-corrected chi connectivity index (χ1v) is 7.24. The van der Waals surface area contributed by atoms with Gasteiger partial charge in [-0.3, -0.25) is 14.5 Å². The van der Waals surface area contributed by atoms with Crippen molar-refractivity contribution in [1.82, 2.24) is 14.8 Å². The number of alkyl halides is 2. The Morgan fingerprint density at radius 2 is 2.04 bits per heavy atom. The van der Waals surface area contributed by atoms with E-state index in [9.17, 15) is 13.6 Å². The molecule has 0 radical (unpaired) electrons. The van der Waals surface area contributed by atoms with E-state index in [4.69, 9.17) is 0 Å². The third kappa shape index (κ3) is 3.26. The van der Waals surface area contributed by atoms with Crippen LogP contribution in [0.2, 0.25) is 0 Å². The highest BCUT2D eigenvalue weighted by Crippen LogP contribution is 2.27. The van der Waals surface area contributed by atoms with Crippen LogP contribution in [0.5, 0.6) is 0 Å². The van der Waals surface area contributed by atoms with E-state index in [0.717, 1.165) is 11.1 Å². The number of fused-ring (bicyclic) bond motifs is 1. The van der Waals surface area contributed by atoms with E-state index in [1.54, 1.807) is 29.2 Å². The number of aromatic nitrogens is 3. The minimum Gasteiger partial charge on any atom is -0.300 e. The summed E-state index contributed by atoms with van der Waals surface area (Å²) in [6, 6.07) is 8.10. The number of halogens is 2. The number of aryl methyl sites for hydroxylation is 1. The summed E-state index contributed by atoms with van der Waals surface area (Å²) < 4.78 is 27.4. The van der Waals surface area contributed by atoms with Gasteiger partial charge in [-0.1, -0.05) is 18.2 Å². The molecule has 118 valence electrons. The van der Waals surface area contributed by atoms with E-state index < -0.39 is 6.43 Å². The fourth-order valence-electron chi connectivity index (χ4n) is 2.41. The van der Waals surface area contributed by atoms with Crippen LogP contribution in [0.25, 0.3) is 22.2 Å². The van der Waals surface area contributed by atoms with Crippen LogP contribution < -0.4 is 0 Å². The van der Waals surface area contributed by atoms with E-state index in [-0.39, 0.29) is 11.3 Å². The fraction of sp³-hybridized carbons (Fsp3) is 0.235. The van der Waals surface area contributed by atoms with Crippen LogP contribution in [0.1, 0.15) is 25.3 Å². The van der Waals surface area contributed by atoms with Gasteiger partial charge in [-0.2, -0.15) is 5.10 Å². The molecule has 2 heterocycles. The Morgan fingerprint density at radius 3 is 2.78 bits per heavy atom. The molecule has 0 bridgehead atoms. The van der Waals surface area contributed by atoms with E-state index in [0.29, 0.717) is 24.0 Å². The minimum atomic E-state index is -2.51. The Hall–Kier alpha value is -2.63. The number of pyridine rings is 1. The summed E-state index contributed by atoms with van der Waals surface area (Å²) in [5.74, 6) is 0.0856. The molecule has 2 aromatic heterocycles. The molecule has 6 heteroatoms. The number of carbonyl (C=O) groups excluding carboxylic acids is 1. The van der Waals surface area contributed by atoms with E-state index in [2.05, 4.69) is 10.1 Å². The van der Waals surface area contributed by atoms with Crippen LogP contribution >= 0.6 is 0 Å². The number of hydrogen-bond donors (Lipinski definition) is 0. The monoisotopic (exact) mass is 315 g/mol. The molecule has 0 aliphatic rings. The zero-order valence-corrected chi connectivity index (χ0v) is 12.5. The van der Waals surface area contributed by atoms with E-state index in [1.807, 2.05) is 6.07 Å². The Morgan fingerprint density at radius 1 is 1.22 bits per heavy atom. The topological polar surface area (TPSA) is 47.8 Å². The molecule has 0 saturated heterocycles. The number of Topliss-reactive ketones (excluding diaryl/α,β-unsaturated/α-hetero) is 1. The number of carbonyl (C=O) groups is 1. The Balaban J connectivity index is 2.00. The lowest BCUT2D eigenvalue weighted by molar-refractivity contribution is -0.117. The molecular weight excluding hydrogens is 300 g/mol. The molecule has 1 aromatic carbocycles. The highest BCUT2D eigenvalue weighted by Gasteiger charge is 2.10. The van der Waals surface area contributed by atoms with Gasteiger partial charge in [-0.25, -0.2) is 8.78 Å². The lowest BCUT2D eigenvalue weighted by atomic mass is 10.0. The number of rotatable bonds is 5. The lowest BCUT2D eigenvalue weighted by Crippen LogP contribution is -2.04. The van der Waals surface area contributed by atoms with E-state index in [1.165, 1.54) is 19.1 Å². The normalized spacial score (nSPS) is 11.3. The molecule has 3 aromatic rings. The molecule has 0 amide bonds. The van der Waals surface area contributed by atoms with Crippen LogP contribution in [0.4, 0.5) is 8.78 Å². The summed E-state index contributed by atoms with van der Waals surface area (Å²) in [5, 5.41) is 4.23. The molecule has 0 aliphatic heterocycles. The maximum Gasteiger partial charge on any atom is 0.263 e. The van der Waals surface area contributed by atoms with Gasteiger partial charge in [0.05, 0.1) is 11.7 Å². The molecule has 3 rings (SSSR count). The van der Waals surface area contributed by atoms with E-state index >= 15 is 0 Å². The molecular formula is C17H15F2N3O. The third-order valence-corrected chi connectivity index (χ3v) is 3.64. The van der Waals surface area contributed by atoms with Crippen LogP contribution in [0.15, 0.2) is 42.7 Å². The number of ketones is 1. The second-order valence-electron chi connectivity index (χ2n) is 5.37. The number of hydrogen-bond acceptors (Lipinski definition) is 3. The first kappa shape index (κ1) is 15.3. The SMILES string of the molecule is CC(=O)CCn1ncc2ncc(-c3cccc(C(F)F)c3)cc21. The fourth-order valence-corrected chi connectivity index (χ4v) is 2.41. The predicted octanol–water partition coefficient (Wildman–Crippen LogP) is 4.02. The molecule has 0 spiro atoms. The quantitative estimate of drug-likeness (QED) is 0.714. The summed E-state index contributed by atoms with van der Waals surface area (Å²) in [7, 11) is 0. The molecule has 0 fully saturated rings. The summed E-state index contributed by atoms with van der Waals surface area (Å²) >= 11 is 0. The zero-order chi connectivity index (χ0) is 16.4. The second kappa shape index (κ2) is 6.24. The van der Waals surface area contributed by atoms with Crippen molar-refractivity contribution in [2.24, 2.45) is 0 Å². The van der Waals surface area contributed by atoms with Crippen LogP contribution in [-0.4, -0.2) is 20.5 Å². The van der Waals surface area contributed by atoms with Gasteiger partial charge in [0.1, 0.15) is 11.3 Å². The van der Waals surface area contributed by atoms with Crippen molar-refractivity contribution in [3.63, 3.8) is 0 Å². The van der Waals surface area contributed by atoms with Gasteiger partial charge < -0.3 is 0 Å². The summed E-state index contributed by atoms with van der Waals surface area (Å²) in [4.78, 5) is 15.5. The molecule has 0 aliphatic carbocycles. The van der Waals surface area contributed by atoms with Crippen molar-refractivity contribution in [3.8, 4) is 11.1 Å². The minimum absolute atomic E-state index is 0.0207. The lowest BCUT2D eigenvalue weighted by Gasteiger charge is -2.06. The van der Waals surface area contributed by atoms with Gasteiger partial charge in [-0.15, -0.1) is 0 Å². The maximum absolute atomic E-state index is 12.8. The van der Waals surface area contributed by atoms with Gasteiger partial charge in [0.25, 0.3) is 6.43 Å². The van der Waals surface area contributed by atoms with Crippen molar-refractivity contribution in [1.29, 1.82) is 0 Å². The first-order chi connectivity index (χ1) is 11.0. The van der Waals surface area contributed by atoms with Gasteiger partial charge in [0.15, 0.2) is 0 Å². The Labute approximate surface area is 131 Å². The van der Waals surface area contributed by atoms with Crippen LogP contribution in [0.3, 0.4) is 0 Å². The maximum atomic E-state index is 12.8. The average molecular weight is 315 g/mol. The standard InChI is InChI=1S/C17H15F2N3O/c1-11(23)5-6-22-16-8-14(9-20-15(16)10-21-22)12-3-2-4-13(7-12)17(18)19/h2-4,7-10,17H,5-6H2,1H3. The predicted molar refractivity (Wildman–Crippen MR) is 83.2 cm³/mol. The zero-order valence-electron chi connectivity index (χ0n) is 12.5. The van der Waals surface area contributed by atoms with Crippen molar-refractivity contribution in [2.45, 2.75) is 26.3 Å². The summed E-state index contributed by atoms with van der Waals surface area (Å²) in [6.45, 7) is 2.01. The number of benzene rings is 1. The van der Waals surface area contributed by atoms with Crippen molar-refractivity contribution in [3.05, 3.63) is 48.3 Å². The van der Waals surface area contributed by atoms with Crippen LogP contribution in [0, 0.1) is 0 Å². The highest BCUT2D eigenvalue weighted by atomic mass is 19.3. The van der Waals surface area contributed by atoms with Gasteiger partial charge in [0.2, 0.25) is 0 Å². The molecule has 0 N–H and O–H groups in total. The van der Waals surface area contributed by atoms with Crippen LogP contribution in [-0.2, 0) is 11.3 Å². The van der Waals surface area contributed by atoms with Gasteiger partial charge in [-0.05, 0) is 24.6 Å². The number of nitrogens with zero attached hydrogens (tertiary/aromatic N) is 3. The van der Waals surface area contributed by atoms with Gasteiger partial charge in [0, 0.05) is 30.3 Å². The summed E-state index contributed by atoms with van der Waals surface area (Å²) in [6.07, 6.45) is 1.16. The average Bonchev–Trinajstić information content (AvgIpc) is 2.95. The molecule has 23 heavy (non-hydrogen) atoms. The van der Waals surface area contributed by atoms with Crippen molar-refractivity contribution < 1.29 is 13.6 Å². The smallest absolute Gasteiger partial charge is 0.263 e. The molecule has 4 nitrogen and oxygen atoms in total. The van der Waals surface area contributed by atoms with Gasteiger partial charge >= 0.3 is 0 Å². The summed E-state index contributed by atoms with van der Waals surface area (Å²) in [5.41, 5.74) is 2.89. The molecule has 0 saturated carbocycles. The van der Waals surface area contributed by atoms with Crippen molar-refractivity contribution >= 4 is 16.8 Å². The second-order valence-corrected chi connectivity index (χ2v) is 5.37. The van der Waals surface area contributed by atoms with Crippen molar-refractivity contribution in [2.75, 3.05) is 0 Å². The third-order valence-electron chi connectivity index (χ3n) is 3.64. The largest absolute Gasteiger partial charge is 0.300 e. The first-order valence-electron chi connectivity index (χ1n) is 7.24. The molecule has 0 unspecified atom stereocenters.